The van der Waals surface area contributed by atoms with Gasteiger partial charge in [0.15, 0.2) is 5.82 Å². The Hall–Kier alpha value is -3.84. The van der Waals surface area contributed by atoms with Gasteiger partial charge in [-0.3, -0.25) is 0 Å². The van der Waals surface area contributed by atoms with Gasteiger partial charge in [-0.05, 0) is 23.2 Å². The minimum absolute atomic E-state index is 0.0165. The Bertz CT molecular complexity index is 1190. The van der Waals surface area contributed by atoms with Crippen LogP contribution in [0.15, 0.2) is 42.6 Å². The summed E-state index contributed by atoms with van der Waals surface area (Å²) in [5.74, 6) is 0.340. The Labute approximate surface area is 188 Å². The third-order valence-corrected chi connectivity index (χ3v) is 5.41. The normalized spacial score (nSPS) is 16.1. The van der Waals surface area contributed by atoms with Crippen LogP contribution >= 0.6 is 11.6 Å². The average molecular weight is 455 g/mol. The second-order valence-corrected chi connectivity index (χ2v) is 7.55. The molecule has 0 saturated carbocycles. The molecule has 3 aromatic rings. The summed E-state index contributed by atoms with van der Waals surface area (Å²) in [6.45, 7) is 1.03. The summed E-state index contributed by atoms with van der Waals surface area (Å²) in [5, 5.41) is 18.8. The molecule has 0 radical (unpaired) electrons. The zero-order valence-corrected chi connectivity index (χ0v) is 17.6. The molecule has 0 spiro atoms. The maximum Gasteiger partial charge on any atom is 0.416 e. The summed E-state index contributed by atoms with van der Waals surface area (Å²) in [4.78, 5) is 36.0. The number of carbonyl (C=O) groups is 2. The molecule has 164 valence electrons. The molecule has 1 atom stereocenters. The number of amides is 1. The van der Waals surface area contributed by atoms with Crippen molar-refractivity contribution in [3.8, 4) is 6.07 Å². The lowest BCUT2D eigenvalue weighted by Gasteiger charge is -2.40. The molecule has 32 heavy (non-hydrogen) atoms. The Morgan fingerprint density at radius 1 is 1.22 bits per heavy atom. The lowest BCUT2D eigenvalue weighted by atomic mass is 10.1. The van der Waals surface area contributed by atoms with E-state index in [-0.39, 0.29) is 31.4 Å². The molecule has 1 aliphatic rings. The lowest BCUT2D eigenvalue weighted by molar-refractivity contribution is 0.0768. The van der Waals surface area contributed by atoms with Crippen molar-refractivity contribution in [2.45, 2.75) is 19.1 Å². The van der Waals surface area contributed by atoms with Crippen LogP contribution in [0.25, 0.3) is 11.0 Å². The fraction of sp³-hybridized carbons (Fsp3) is 0.286. The Kier molecular flexibility index (Phi) is 6.09. The highest BCUT2D eigenvalue weighted by Crippen LogP contribution is 2.29. The molecule has 1 aliphatic heterocycles. The van der Waals surface area contributed by atoms with Crippen molar-refractivity contribution >= 4 is 40.6 Å². The number of anilines is 1. The number of ether oxygens (including phenoxy) is 1. The number of nitrogens with zero attached hydrogens (tertiary/aromatic N) is 6. The number of carbonyl (C=O) groups excluding carboxylic acids is 1. The van der Waals surface area contributed by atoms with E-state index < -0.39 is 18.2 Å². The van der Waals surface area contributed by atoms with Crippen LogP contribution in [-0.4, -0.2) is 62.4 Å². The molecule has 0 bridgehead atoms. The van der Waals surface area contributed by atoms with Crippen molar-refractivity contribution in [3.63, 3.8) is 0 Å². The number of aromatic nitrogens is 3. The fourth-order valence-electron chi connectivity index (χ4n) is 3.75. The monoisotopic (exact) mass is 454 g/mol. The molecule has 1 fully saturated rings. The van der Waals surface area contributed by atoms with Gasteiger partial charge >= 0.3 is 12.2 Å². The molecule has 2 aromatic heterocycles. The second-order valence-electron chi connectivity index (χ2n) is 7.21. The van der Waals surface area contributed by atoms with Crippen LogP contribution in [0.5, 0.6) is 0 Å². The standard InChI is InChI=1S/C21H19ClN6O4/c22-19-24-16-7-9-28(20(29)30)17(16)18(25-19)26-10-11-27(15(12-26)6-8-23)21(31)32-13-14-4-2-1-3-5-14/h1-5,7,9,15H,6,10-13H2,(H,29,30). The van der Waals surface area contributed by atoms with Gasteiger partial charge in [-0.1, -0.05) is 30.3 Å². The van der Waals surface area contributed by atoms with E-state index in [0.29, 0.717) is 23.4 Å². The molecule has 1 unspecified atom stereocenters. The van der Waals surface area contributed by atoms with E-state index in [1.807, 2.05) is 35.2 Å². The smallest absolute Gasteiger partial charge is 0.416 e. The molecule has 3 heterocycles. The molecular weight excluding hydrogens is 436 g/mol. The molecule has 1 amide bonds. The number of hydrogen-bond donors (Lipinski definition) is 1. The van der Waals surface area contributed by atoms with E-state index in [0.717, 1.165) is 10.1 Å². The van der Waals surface area contributed by atoms with Crippen molar-refractivity contribution in [1.29, 1.82) is 5.26 Å². The van der Waals surface area contributed by atoms with Crippen LogP contribution < -0.4 is 4.90 Å². The number of nitriles is 1. The van der Waals surface area contributed by atoms with Gasteiger partial charge in [-0.15, -0.1) is 0 Å². The summed E-state index contributed by atoms with van der Waals surface area (Å²) >= 11 is 6.07. The largest absolute Gasteiger partial charge is 0.464 e. The van der Waals surface area contributed by atoms with Crippen molar-refractivity contribution < 1.29 is 19.4 Å². The van der Waals surface area contributed by atoms with E-state index in [1.54, 1.807) is 6.07 Å². The molecule has 10 nitrogen and oxygen atoms in total. The first-order valence-corrected chi connectivity index (χ1v) is 10.2. The average Bonchev–Trinajstić information content (AvgIpc) is 3.22. The molecule has 1 saturated heterocycles. The van der Waals surface area contributed by atoms with Crippen molar-refractivity contribution in [3.05, 3.63) is 53.4 Å². The van der Waals surface area contributed by atoms with Crippen LogP contribution in [0.3, 0.4) is 0 Å². The predicted octanol–water partition coefficient (Wildman–Crippen LogP) is 3.35. The van der Waals surface area contributed by atoms with E-state index in [4.69, 9.17) is 16.3 Å². The minimum atomic E-state index is -1.18. The third kappa shape index (κ3) is 4.29. The fourth-order valence-corrected chi connectivity index (χ4v) is 3.92. The van der Waals surface area contributed by atoms with E-state index in [9.17, 15) is 20.0 Å². The maximum atomic E-state index is 12.7. The number of fused-ring (bicyclic) bond motifs is 1. The first kappa shape index (κ1) is 21.4. The summed E-state index contributed by atoms with van der Waals surface area (Å²) in [6, 6.07) is 12.5. The predicted molar refractivity (Wildman–Crippen MR) is 116 cm³/mol. The van der Waals surface area contributed by atoms with Crippen LogP contribution in [0, 0.1) is 11.3 Å². The first-order chi connectivity index (χ1) is 15.5. The van der Waals surface area contributed by atoms with Gasteiger partial charge in [-0.25, -0.2) is 19.1 Å². The van der Waals surface area contributed by atoms with Crippen LogP contribution in [0.2, 0.25) is 5.28 Å². The molecular formula is C21H19ClN6O4. The zero-order chi connectivity index (χ0) is 22.7. The van der Waals surface area contributed by atoms with Gasteiger partial charge in [0.25, 0.3) is 0 Å². The number of piperazine rings is 1. The van der Waals surface area contributed by atoms with Crippen molar-refractivity contribution in [2.75, 3.05) is 24.5 Å². The van der Waals surface area contributed by atoms with Gasteiger partial charge in [0, 0.05) is 25.8 Å². The van der Waals surface area contributed by atoms with Crippen molar-refractivity contribution in [1.82, 2.24) is 19.4 Å². The number of hydrogen-bond acceptors (Lipinski definition) is 7. The Balaban J connectivity index is 1.56. The van der Waals surface area contributed by atoms with Gasteiger partial charge in [0.1, 0.15) is 12.1 Å². The highest BCUT2D eigenvalue weighted by molar-refractivity contribution is 6.28. The Morgan fingerprint density at radius 3 is 2.72 bits per heavy atom. The third-order valence-electron chi connectivity index (χ3n) is 5.24. The van der Waals surface area contributed by atoms with Crippen LogP contribution in [0.4, 0.5) is 15.4 Å². The van der Waals surface area contributed by atoms with Gasteiger partial charge < -0.3 is 19.6 Å². The number of benzene rings is 1. The van der Waals surface area contributed by atoms with Crippen LogP contribution in [-0.2, 0) is 11.3 Å². The summed E-state index contributed by atoms with van der Waals surface area (Å²) < 4.78 is 6.47. The van der Waals surface area contributed by atoms with E-state index in [2.05, 4.69) is 16.0 Å². The topological polar surface area (TPSA) is 125 Å². The molecule has 0 aliphatic carbocycles. The molecule has 1 aromatic carbocycles. The number of carboxylic acid groups (broad SMARTS) is 1. The highest BCUT2D eigenvalue weighted by Gasteiger charge is 2.33. The van der Waals surface area contributed by atoms with Crippen LogP contribution in [0.1, 0.15) is 12.0 Å². The zero-order valence-electron chi connectivity index (χ0n) is 16.9. The summed E-state index contributed by atoms with van der Waals surface area (Å²) in [7, 11) is 0. The second kappa shape index (κ2) is 9.11. The highest BCUT2D eigenvalue weighted by atomic mass is 35.5. The Morgan fingerprint density at radius 2 is 2.00 bits per heavy atom. The summed E-state index contributed by atoms with van der Waals surface area (Å²) in [5.41, 5.74) is 1.56. The van der Waals surface area contributed by atoms with Gasteiger partial charge in [-0.2, -0.15) is 10.2 Å². The minimum Gasteiger partial charge on any atom is -0.464 e. The first-order valence-electron chi connectivity index (χ1n) is 9.85. The maximum absolute atomic E-state index is 12.7. The quantitative estimate of drug-likeness (QED) is 0.595. The van der Waals surface area contributed by atoms with E-state index in [1.165, 1.54) is 11.1 Å². The van der Waals surface area contributed by atoms with Gasteiger partial charge in [0.2, 0.25) is 5.28 Å². The lowest BCUT2D eigenvalue weighted by Crippen LogP contribution is -2.55. The number of rotatable bonds is 4. The van der Waals surface area contributed by atoms with Crippen molar-refractivity contribution in [2.24, 2.45) is 0 Å². The molecule has 11 heteroatoms. The van der Waals surface area contributed by atoms with Gasteiger partial charge in [0.05, 0.1) is 24.0 Å². The summed E-state index contributed by atoms with van der Waals surface area (Å²) in [6.07, 6.45) is -0.220. The SMILES string of the molecule is N#CCC1CN(c2nc(Cl)nc3ccn(C(=O)O)c23)CCN1C(=O)OCc1ccccc1. The number of halogens is 1. The molecule has 4 rings (SSSR count). The molecule has 1 N–H and O–H groups in total. The van der Waals surface area contributed by atoms with E-state index >= 15 is 0 Å².